The van der Waals surface area contributed by atoms with Crippen molar-refractivity contribution in [3.05, 3.63) is 53.7 Å². The molecule has 1 saturated heterocycles. The second-order valence-electron chi connectivity index (χ2n) is 9.01. The number of aromatic nitrogens is 5. The van der Waals surface area contributed by atoms with Crippen LogP contribution in [0, 0.1) is 12.8 Å². The molecular weight excluding hydrogens is 418 g/mol. The lowest BCUT2D eigenvalue weighted by Crippen LogP contribution is -2.28. The van der Waals surface area contributed by atoms with Crippen molar-refractivity contribution in [3.63, 3.8) is 0 Å². The molecule has 1 saturated carbocycles. The first-order valence-corrected chi connectivity index (χ1v) is 11.6. The standard InChI is InChI=1S/C24H31N7O2/c1-15-28-20(22-24(33-22)26-12-17-4-3-5-19(10-17)32-2)11-21(29-15)23-27-14-31(30-23)13-16-6-8-18(25)9-7-16/h3-5,10-11,14,16,18,22,24,26H,6-9,12-13,25H2,1-2H3. The lowest BCUT2D eigenvalue weighted by atomic mass is 9.86. The molecule has 2 unspecified atom stereocenters. The molecule has 3 heterocycles. The highest BCUT2D eigenvalue weighted by Crippen LogP contribution is 2.37. The Kier molecular flexibility index (Phi) is 6.34. The predicted molar refractivity (Wildman–Crippen MR) is 123 cm³/mol. The van der Waals surface area contributed by atoms with Crippen LogP contribution >= 0.6 is 0 Å². The first-order valence-electron chi connectivity index (χ1n) is 11.6. The van der Waals surface area contributed by atoms with E-state index in [1.54, 1.807) is 13.4 Å². The Morgan fingerprint density at radius 3 is 2.85 bits per heavy atom. The molecule has 9 heteroatoms. The van der Waals surface area contributed by atoms with Gasteiger partial charge >= 0.3 is 0 Å². The molecule has 1 aliphatic heterocycles. The van der Waals surface area contributed by atoms with Crippen LogP contribution in [0.4, 0.5) is 0 Å². The number of nitrogens with zero attached hydrogens (tertiary/aromatic N) is 5. The van der Waals surface area contributed by atoms with E-state index in [4.69, 9.17) is 15.2 Å². The fourth-order valence-electron chi connectivity index (χ4n) is 4.48. The van der Waals surface area contributed by atoms with Gasteiger partial charge in [0.05, 0.1) is 12.8 Å². The minimum atomic E-state index is -0.107. The number of hydrogen-bond acceptors (Lipinski definition) is 8. The molecule has 0 bridgehead atoms. The van der Waals surface area contributed by atoms with Crippen LogP contribution in [-0.2, 0) is 17.8 Å². The Bertz CT molecular complexity index is 1090. The van der Waals surface area contributed by atoms with Crippen molar-refractivity contribution in [2.45, 2.75) is 64.1 Å². The van der Waals surface area contributed by atoms with E-state index in [-0.39, 0.29) is 12.3 Å². The number of epoxide rings is 1. The molecule has 2 atom stereocenters. The van der Waals surface area contributed by atoms with Crippen LogP contribution < -0.4 is 15.8 Å². The fourth-order valence-corrected chi connectivity index (χ4v) is 4.48. The van der Waals surface area contributed by atoms with Crippen LogP contribution in [0.3, 0.4) is 0 Å². The van der Waals surface area contributed by atoms with Crippen molar-refractivity contribution in [3.8, 4) is 17.3 Å². The largest absolute Gasteiger partial charge is 0.497 e. The summed E-state index contributed by atoms with van der Waals surface area (Å²) < 4.78 is 13.1. The minimum absolute atomic E-state index is 0.0819. The normalized spacial score (nSPS) is 24.6. The summed E-state index contributed by atoms with van der Waals surface area (Å²) in [7, 11) is 1.67. The van der Waals surface area contributed by atoms with E-state index in [0.717, 1.165) is 54.9 Å². The summed E-state index contributed by atoms with van der Waals surface area (Å²) in [5, 5.41) is 8.10. The van der Waals surface area contributed by atoms with Gasteiger partial charge in [0.2, 0.25) is 0 Å². The van der Waals surface area contributed by atoms with Gasteiger partial charge in [-0.05, 0) is 62.3 Å². The van der Waals surface area contributed by atoms with Gasteiger partial charge < -0.3 is 15.2 Å². The molecule has 1 aliphatic carbocycles. The van der Waals surface area contributed by atoms with Gasteiger partial charge in [-0.15, -0.1) is 5.10 Å². The van der Waals surface area contributed by atoms with Crippen molar-refractivity contribution < 1.29 is 9.47 Å². The van der Waals surface area contributed by atoms with E-state index >= 15 is 0 Å². The number of aryl methyl sites for hydroxylation is 1. The van der Waals surface area contributed by atoms with Gasteiger partial charge in [-0.1, -0.05) is 12.1 Å². The van der Waals surface area contributed by atoms with E-state index < -0.39 is 0 Å². The van der Waals surface area contributed by atoms with Gasteiger partial charge in [0.25, 0.3) is 0 Å². The maximum Gasteiger partial charge on any atom is 0.199 e. The van der Waals surface area contributed by atoms with E-state index in [1.807, 2.05) is 35.9 Å². The Labute approximate surface area is 193 Å². The molecule has 2 aliphatic rings. The van der Waals surface area contributed by atoms with Gasteiger partial charge in [-0.3, -0.25) is 10.00 Å². The van der Waals surface area contributed by atoms with E-state index in [0.29, 0.717) is 30.2 Å². The van der Waals surface area contributed by atoms with Crippen LogP contribution in [0.15, 0.2) is 36.7 Å². The molecule has 9 nitrogen and oxygen atoms in total. The average molecular weight is 450 g/mol. The first-order chi connectivity index (χ1) is 16.1. The summed E-state index contributed by atoms with van der Waals surface area (Å²) in [6, 6.07) is 10.3. The quantitative estimate of drug-likeness (QED) is 0.504. The second-order valence-corrected chi connectivity index (χ2v) is 9.01. The van der Waals surface area contributed by atoms with Crippen LogP contribution in [0.5, 0.6) is 5.75 Å². The van der Waals surface area contributed by atoms with Crippen molar-refractivity contribution in [2.24, 2.45) is 11.7 Å². The molecule has 2 aromatic heterocycles. The molecule has 3 aromatic rings. The van der Waals surface area contributed by atoms with Crippen LogP contribution in [0.2, 0.25) is 0 Å². The monoisotopic (exact) mass is 449 g/mol. The van der Waals surface area contributed by atoms with Gasteiger partial charge in [-0.25, -0.2) is 15.0 Å². The molecule has 0 amide bonds. The number of nitrogens with one attached hydrogen (secondary N) is 1. The number of hydrogen-bond donors (Lipinski definition) is 2. The summed E-state index contributed by atoms with van der Waals surface area (Å²) >= 11 is 0. The van der Waals surface area contributed by atoms with Gasteiger partial charge in [0, 0.05) is 19.1 Å². The molecule has 0 radical (unpaired) electrons. The van der Waals surface area contributed by atoms with Crippen LogP contribution in [-0.4, -0.2) is 44.1 Å². The topological polar surface area (TPSA) is 116 Å². The number of rotatable bonds is 8. The van der Waals surface area contributed by atoms with E-state index in [9.17, 15) is 0 Å². The minimum Gasteiger partial charge on any atom is -0.497 e. The van der Waals surface area contributed by atoms with Gasteiger partial charge in [-0.2, -0.15) is 0 Å². The summed E-state index contributed by atoms with van der Waals surface area (Å²) in [5.41, 5.74) is 8.74. The maximum absolute atomic E-state index is 6.03. The van der Waals surface area contributed by atoms with Gasteiger partial charge in [0.1, 0.15) is 35.9 Å². The maximum atomic E-state index is 6.03. The van der Waals surface area contributed by atoms with Crippen LogP contribution in [0.25, 0.3) is 11.5 Å². The molecular formula is C24H31N7O2. The Morgan fingerprint density at radius 2 is 2.03 bits per heavy atom. The highest BCUT2D eigenvalue weighted by atomic mass is 16.6. The van der Waals surface area contributed by atoms with Crippen molar-refractivity contribution in [1.82, 2.24) is 30.0 Å². The van der Waals surface area contributed by atoms with E-state index in [2.05, 4.69) is 31.4 Å². The highest BCUT2D eigenvalue weighted by molar-refractivity contribution is 5.49. The first kappa shape index (κ1) is 21.9. The summed E-state index contributed by atoms with van der Waals surface area (Å²) in [6.45, 7) is 3.45. The lowest BCUT2D eigenvalue weighted by molar-refractivity contribution is 0.285. The molecule has 5 rings (SSSR count). The van der Waals surface area contributed by atoms with Crippen molar-refractivity contribution in [1.29, 1.82) is 0 Å². The average Bonchev–Trinajstić information content (AvgIpc) is 3.47. The third-order valence-corrected chi connectivity index (χ3v) is 6.38. The molecule has 3 N–H and O–H groups in total. The highest BCUT2D eigenvalue weighted by Gasteiger charge is 2.41. The smallest absolute Gasteiger partial charge is 0.199 e. The molecule has 0 spiro atoms. The molecule has 2 fully saturated rings. The van der Waals surface area contributed by atoms with Crippen molar-refractivity contribution >= 4 is 0 Å². The van der Waals surface area contributed by atoms with Gasteiger partial charge in [0.15, 0.2) is 5.82 Å². The SMILES string of the molecule is COc1cccc(CNC2OC2c2cc(-c3ncn(CC4CCC(N)CC4)n3)nc(C)n2)c1. The summed E-state index contributed by atoms with van der Waals surface area (Å²) in [6.07, 6.45) is 6.09. The van der Waals surface area contributed by atoms with E-state index in [1.165, 1.54) is 0 Å². The third-order valence-electron chi connectivity index (χ3n) is 6.38. The lowest BCUT2D eigenvalue weighted by Gasteiger charge is -2.25. The number of benzene rings is 1. The second kappa shape index (κ2) is 9.54. The molecule has 1 aromatic carbocycles. The fraction of sp³-hybridized carbons (Fsp3) is 0.500. The zero-order chi connectivity index (χ0) is 22.8. The Morgan fingerprint density at radius 1 is 1.18 bits per heavy atom. The van der Waals surface area contributed by atoms with Crippen molar-refractivity contribution in [2.75, 3.05) is 7.11 Å². The Balaban J connectivity index is 1.21. The molecule has 174 valence electrons. The molecule has 33 heavy (non-hydrogen) atoms. The Hall–Kier alpha value is -2.88. The zero-order valence-corrected chi connectivity index (χ0v) is 19.1. The number of nitrogens with two attached hydrogens (primary N) is 1. The van der Waals surface area contributed by atoms with Crippen LogP contribution in [0.1, 0.15) is 48.9 Å². The summed E-state index contributed by atoms with van der Waals surface area (Å²) in [4.78, 5) is 13.7. The third kappa shape index (κ3) is 5.38. The number of ether oxygens (including phenoxy) is 2. The summed E-state index contributed by atoms with van der Waals surface area (Å²) in [5.74, 6) is 2.76. The number of methoxy groups -OCH3 is 1. The zero-order valence-electron chi connectivity index (χ0n) is 19.1. The predicted octanol–water partition coefficient (Wildman–Crippen LogP) is 2.76.